The molecule has 0 N–H and O–H groups in total. The molecule has 1 fully saturated rings. The lowest BCUT2D eigenvalue weighted by Crippen LogP contribution is -2.11. The van der Waals surface area contributed by atoms with E-state index in [1.54, 1.807) is 12.1 Å². The van der Waals surface area contributed by atoms with Crippen LogP contribution in [-0.4, -0.2) is 32.1 Å². The van der Waals surface area contributed by atoms with Crippen LogP contribution in [0.1, 0.15) is 24.7 Å². The number of esters is 1. The van der Waals surface area contributed by atoms with Crippen LogP contribution in [0.15, 0.2) is 59.8 Å². The van der Waals surface area contributed by atoms with Gasteiger partial charge < -0.3 is 4.74 Å². The van der Waals surface area contributed by atoms with E-state index in [0.717, 1.165) is 17.1 Å². The summed E-state index contributed by atoms with van der Waals surface area (Å²) in [6, 6.07) is 16.1. The highest BCUT2D eigenvalue weighted by Gasteiger charge is 2.34. The molecule has 4 rings (SSSR count). The van der Waals surface area contributed by atoms with E-state index < -0.39 is 0 Å². The highest BCUT2D eigenvalue weighted by Crippen LogP contribution is 2.33. The molecule has 0 amide bonds. The second-order valence-electron chi connectivity index (χ2n) is 6.46. The molecule has 5 nitrogen and oxygen atoms in total. The minimum Gasteiger partial charge on any atom is -0.462 e. The number of halogens is 1. The molecule has 2 atom stereocenters. The topological polar surface area (TPSA) is 57.0 Å². The summed E-state index contributed by atoms with van der Waals surface area (Å²) in [7, 11) is 0. The summed E-state index contributed by atoms with van der Waals surface area (Å²) in [5, 5.41) is 8.94. The van der Waals surface area contributed by atoms with Crippen LogP contribution < -0.4 is 0 Å². The molecular weight excluding hydrogens is 365 g/mol. The molecule has 0 bridgehead atoms. The number of aromatic nitrogens is 3. The van der Waals surface area contributed by atoms with Crippen LogP contribution in [0.5, 0.6) is 0 Å². The van der Waals surface area contributed by atoms with Crippen LogP contribution in [0.4, 0.5) is 4.39 Å². The van der Waals surface area contributed by atoms with Crippen molar-refractivity contribution >= 4 is 17.7 Å². The number of hydrogen-bond acceptors (Lipinski definition) is 5. The average molecular weight is 383 g/mol. The first kappa shape index (κ1) is 17.7. The van der Waals surface area contributed by atoms with Crippen molar-refractivity contribution in [3.63, 3.8) is 0 Å². The van der Waals surface area contributed by atoms with Crippen LogP contribution >= 0.6 is 11.8 Å². The first-order valence-electron chi connectivity index (χ1n) is 8.71. The van der Waals surface area contributed by atoms with Crippen molar-refractivity contribution < 1.29 is 13.9 Å². The maximum Gasteiger partial charge on any atom is 0.319 e. The van der Waals surface area contributed by atoms with Gasteiger partial charge in [0.25, 0.3) is 0 Å². The summed E-state index contributed by atoms with van der Waals surface area (Å²) < 4.78 is 20.5. The van der Waals surface area contributed by atoms with E-state index >= 15 is 0 Å². The van der Waals surface area contributed by atoms with E-state index in [4.69, 9.17) is 4.74 Å². The zero-order valence-electron chi connectivity index (χ0n) is 14.7. The van der Waals surface area contributed by atoms with Crippen LogP contribution in [-0.2, 0) is 16.0 Å². The van der Waals surface area contributed by atoms with E-state index in [-0.39, 0.29) is 23.1 Å². The minimum absolute atomic E-state index is 0.0963. The molecule has 1 aliphatic heterocycles. The fourth-order valence-corrected chi connectivity index (χ4v) is 4.24. The number of hydrogen-bond donors (Lipinski definition) is 0. The Labute approximate surface area is 160 Å². The van der Waals surface area contributed by atoms with Crippen molar-refractivity contribution in [2.24, 2.45) is 0 Å². The van der Waals surface area contributed by atoms with Gasteiger partial charge in [0.05, 0.1) is 0 Å². The maximum absolute atomic E-state index is 13.4. The maximum atomic E-state index is 13.4. The first-order valence-corrected chi connectivity index (χ1v) is 9.59. The lowest BCUT2D eigenvalue weighted by molar-refractivity contribution is -0.140. The lowest BCUT2D eigenvalue weighted by Gasteiger charge is -2.11. The van der Waals surface area contributed by atoms with E-state index in [1.165, 1.54) is 23.9 Å². The molecule has 7 heteroatoms. The number of ether oxygens (including phenoxy) is 1. The SMILES string of the molecule is C[C@H]1C[C@H](Sc2nnc(Cc3ccccc3)n2-c2ccc(F)cc2)C(=O)O1. The van der Waals surface area contributed by atoms with Crippen molar-refractivity contribution in [2.75, 3.05) is 0 Å². The van der Waals surface area contributed by atoms with Gasteiger partial charge in [0.1, 0.15) is 23.0 Å². The number of nitrogens with zero attached hydrogens (tertiary/aromatic N) is 3. The molecule has 0 unspecified atom stereocenters. The Kier molecular flexibility index (Phi) is 4.94. The number of cyclic esters (lactones) is 1. The third-order valence-corrected chi connectivity index (χ3v) is 5.51. The molecule has 2 heterocycles. The van der Waals surface area contributed by atoms with Gasteiger partial charge in [-0.2, -0.15) is 0 Å². The Morgan fingerprint density at radius 1 is 1.15 bits per heavy atom. The quantitative estimate of drug-likeness (QED) is 0.628. The molecule has 0 spiro atoms. The van der Waals surface area contributed by atoms with Crippen molar-refractivity contribution in [1.29, 1.82) is 0 Å². The molecule has 0 saturated carbocycles. The van der Waals surface area contributed by atoms with Gasteiger partial charge in [-0.15, -0.1) is 10.2 Å². The largest absolute Gasteiger partial charge is 0.462 e. The lowest BCUT2D eigenvalue weighted by atomic mass is 10.1. The molecule has 1 aliphatic rings. The van der Waals surface area contributed by atoms with E-state index in [9.17, 15) is 9.18 Å². The predicted octanol–water partition coefficient (Wildman–Crippen LogP) is 3.79. The Hall–Kier alpha value is -2.67. The summed E-state index contributed by atoms with van der Waals surface area (Å²) >= 11 is 1.34. The van der Waals surface area contributed by atoms with Gasteiger partial charge in [0.15, 0.2) is 5.16 Å². The van der Waals surface area contributed by atoms with Crippen LogP contribution in [0.3, 0.4) is 0 Å². The molecule has 1 aromatic heterocycles. The van der Waals surface area contributed by atoms with Crippen molar-refractivity contribution in [1.82, 2.24) is 14.8 Å². The van der Waals surface area contributed by atoms with Crippen molar-refractivity contribution in [3.8, 4) is 5.69 Å². The highest BCUT2D eigenvalue weighted by molar-refractivity contribution is 8.00. The fourth-order valence-electron chi connectivity index (χ4n) is 3.06. The number of thioether (sulfide) groups is 1. The summed E-state index contributed by atoms with van der Waals surface area (Å²) in [6.07, 6.45) is 1.12. The van der Waals surface area contributed by atoms with Crippen molar-refractivity contribution in [2.45, 2.75) is 36.3 Å². The Morgan fingerprint density at radius 3 is 2.56 bits per heavy atom. The van der Waals surface area contributed by atoms with E-state index in [0.29, 0.717) is 18.0 Å². The van der Waals surface area contributed by atoms with Gasteiger partial charge in [-0.25, -0.2) is 4.39 Å². The first-order chi connectivity index (χ1) is 13.1. The molecular formula is C20H18FN3O2S. The zero-order chi connectivity index (χ0) is 18.8. The second kappa shape index (κ2) is 7.52. The average Bonchev–Trinajstić information content (AvgIpc) is 3.19. The molecule has 0 radical (unpaired) electrons. The summed E-state index contributed by atoms with van der Waals surface area (Å²) in [4.78, 5) is 12.0. The van der Waals surface area contributed by atoms with Gasteiger partial charge in [0.2, 0.25) is 0 Å². The molecule has 1 saturated heterocycles. The zero-order valence-corrected chi connectivity index (χ0v) is 15.5. The predicted molar refractivity (Wildman–Crippen MR) is 100 cm³/mol. The third kappa shape index (κ3) is 3.88. The summed E-state index contributed by atoms with van der Waals surface area (Å²) in [6.45, 7) is 1.88. The van der Waals surface area contributed by atoms with Crippen LogP contribution in [0.2, 0.25) is 0 Å². The molecule has 27 heavy (non-hydrogen) atoms. The normalized spacial score (nSPS) is 19.3. The van der Waals surface area contributed by atoms with Gasteiger partial charge in [0, 0.05) is 18.5 Å². The van der Waals surface area contributed by atoms with Gasteiger partial charge in [-0.05, 0) is 36.8 Å². The van der Waals surface area contributed by atoms with Crippen LogP contribution in [0, 0.1) is 5.82 Å². The molecule has 3 aromatic rings. The number of carbonyl (C=O) groups is 1. The number of benzene rings is 2. The van der Waals surface area contributed by atoms with E-state index in [1.807, 2.05) is 41.8 Å². The summed E-state index contributed by atoms with van der Waals surface area (Å²) in [5.74, 6) is 0.194. The fraction of sp³-hybridized carbons (Fsp3) is 0.250. The number of rotatable bonds is 5. The molecule has 2 aromatic carbocycles. The van der Waals surface area contributed by atoms with Crippen molar-refractivity contribution in [3.05, 3.63) is 71.8 Å². The molecule has 0 aliphatic carbocycles. The molecule has 138 valence electrons. The third-order valence-electron chi connectivity index (χ3n) is 4.36. The van der Waals surface area contributed by atoms with Gasteiger partial charge in [-0.3, -0.25) is 9.36 Å². The van der Waals surface area contributed by atoms with Gasteiger partial charge >= 0.3 is 5.97 Å². The number of carbonyl (C=O) groups excluding carboxylic acids is 1. The Balaban J connectivity index is 1.70. The van der Waals surface area contributed by atoms with Crippen LogP contribution in [0.25, 0.3) is 5.69 Å². The van der Waals surface area contributed by atoms with E-state index in [2.05, 4.69) is 10.2 Å². The standard InChI is InChI=1S/C20H18FN3O2S/c1-13-11-17(19(25)26-13)27-20-23-22-18(12-14-5-3-2-4-6-14)24(20)16-9-7-15(21)8-10-16/h2-10,13,17H,11-12H2,1H3/t13-,17-/m0/s1. The second-order valence-corrected chi connectivity index (χ2v) is 7.63. The smallest absolute Gasteiger partial charge is 0.319 e. The minimum atomic E-state index is -0.312. The summed E-state index contributed by atoms with van der Waals surface area (Å²) in [5.41, 5.74) is 1.85. The highest BCUT2D eigenvalue weighted by atomic mass is 32.2. The Bertz CT molecular complexity index is 944. The monoisotopic (exact) mass is 383 g/mol. The van der Waals surface area contributed by atoms with Gasteiger partial charge in [-0.1, -0.05) is 42.1 Å². The Morgan fingerprint density at radius 2 is 1.89 bits per heavy atom.